The summed E-state index contributed by atoms with van der Waals surface area (Å²) in [5, 5.41) is 9.22. The number of hydrogen-bond acceptors (Lipinski definition) is 3. The molecule has 0 saturated heterocycles. The van der Waals surface area contributed by atoms with E-state index in [1.54, 1.807) is 0 Å². The Balaban J connectivity index is 1.87. The highest BCUT2D eigenvalue weighted by molar-refractivity contribution is 6.02. The van der Waals surface area contributed by atoms with Crippen LogP contribution in [-0.2, 0) is 0 Å². The van der Waals surface area contributed by atoms with Crippen LogP contribution in [0.2, 0.25) is 0 Å². The number of hydrogen-bond donors (Lipinski definition) is 2. The molecule has 3 aromatic carbocycles. The first-order valence-corrected chi connectivity index (χ1v) is 7.86. The Bertz CT molecular complexity index is 866. The molecule has 0 radical (unpaired) electrons. The topological polar surface area (TPSA) is 27.3 Å². The predicted octanol–water partition coefficient (Wildman–Crippen LogP) is 4.96. The molecular formula is C20H19N3. The van der Waals surface area contributed by atoms with Gasteiger partial charge in [-0.15, -0.1) is 0 Å². The van der Waals surface area contributed by atoms with Gasteiger partial charge in [0.15, 0.2) is 0 Å². The van der Waals surface area contributed by atoms with Crippen LogP contribution in [0.1, 0.15) is 0 Å². The lowest BCUT2D eigenvalue weighted by atomic mass is 10.1. The Morgan fingerprint density at radius 2 is 1.78 bits per heavy atom. The van der Waals surface area contributed by atoms with Gasteiger partial charge in [-0.2, -0.15) is 0 Å². The maximum absolute atomic E-state index is 3.55. The van der Waals surface area contributed by atoms with Gasteiger partial charge in [0.2, 0.25) is 0 Å². The van der Waals surface area contributed by atoms with E-state index in [2.05, 4.69) is 88.5 Å². The molecule has 0 spiro atoms. The van der Waals surface area contributed by atoms with Crippen molar-refractivity contribution in [2.24, 2.45) is 0 Å². The number of fused-ring (bicyclic) bond motifs is 3. The number of nitrogens with zero attached hydrogens (tertiary/aromatic N) is 1. The third-order valence-corrected chi connectivity index (χ3v) is 4.25. The van der Waals surface area contributed by atoms with Crippen molar-refractivity contribution < 1.29 is 0 Å². The fourth-order valence-corrected chi connectivity index (χ4v) is 3.06. The van der Waals surface area contributed by atoms with Crippen LogP contribution >= 0.6 is 0 Å². The smallest absolute Gasteiger partial charge is 0.0694 e. The Labute approximate surface area is 136 Å². The molecule has 0 bridgehead atoms. The Kier molecular flexibility index (Phi) is 3.39. The van der Waals surface area contributed by atoms with Gasteiger partial charge < -0.3 is 15.5 Å². The zero-order valence-corrected chi connectivity index (χ0v) is 13.1. The van der Waals surface area contributed by atoms with E-state index in [1.807, 2.05) is 7.05 Å². The lowest BCUT2D eigenvalue weighted by Gasteiger charge is -2.23. The molecule has 1 aliphatic rings. The number of benzene rings is 3. The standard InChI is InChI=1S/C20H19N3/c1-21-16-8-10-17(11-9-16)23-14-4-13-22-20-18-6-3-2-5-15(18)7-12-19(20)23/h2-12,14,21-22H,13H2,1H3. The van der Waals surface area contributed by atoms with Gasteiger partial charge in [0, 0.05) is 36.6 Å². The van der Waals surface area contributed by atoms with Crippen molar-refractivity contribution in [3.05, 3.63) is 72.9 Å². The van der Waals surface area contributed by atoms with Crippen LogP contribution in [0.3, 0.4) is 0 Å². The van der Waals surface area contributed by atoms with E-state index in [4.69, 9.17) is 0 Å². The zero-order chi connectivity index (χ0) is 15.6. The summed E-state index contributed by atoms with van der Waals surface area (Å²) in [5.41, 5.74) is 4.63. The lowest BCUT2D eigenvalue weighted by Crippen LogP contribution is -2.09. The van der Waals surface area contributed by atoms with Gasteiger partial charge in [-0.3, -0.25) is 0 Å². The largest absolute Gasteiger partial charge is 0.388 e. The second-order valence-corrected chi connectivity index (χ2v) is 5.61. The molecule has 0 atom stereocenters. The summed E-state index contributed by atoms with van der Waals surface area (Å²) in [6.07, 6.45) is 4.29. The molecule has 3 heteroatoms. The van der Waals surface area contributed by atoms with Crippen molar-refractivity contribution >= 4 is 33.5 Å². The van der Waals surface area contributed by atoms with Crippen LogP contribution in [0.5, 0.6) is 0 Å². The predicted molar refractivity (Wildman–Crippen MR) is 99.7 cm³/mol. The van der Waals surface area contributed by atoms with Crippen molar-refractivity contribution in [2.45, 2.75) is 0 Å². The van der Waals surface area contributed by atoms with Gasteiger partial charge in [0.05, 0.1) is 11.4 Å². The van der Waals surface area contributed by atoms with Crippen LogP contribution in [0, 0.1) is 0 Å². The van der Waals surface area contributed by atoms with Crippen LogP contribution < -0.4 is 15.5 Å². The highest BCUT2D eigenvalue weighted by Gasteiger charge is 2.15. The third kappa shape index (κ3) is 2.40. The monoisotopic (exact) mass is 301 g/mol. The summed E-state index contributed by atoms with van der Waals surface area (Å²) >= 11 is 0. The first-order chi connectivity index (χ1) is 11.4. The molecule has 23 heavy (non-hydrogen) atoms. The van der Waals surface area contributed by atoms with Crippen LogP contribution in [0.15, 0.2) is 72.9 Å². The fraction of sp³-hybridized carbons (Fsp3) is 0.100. The van der Waals surface area contributed by atoms with Crippen molar-refractivity contribution in [3.8, 4) is 0 Å². The maximum atomic E-state index is 3.55. The summed E-state index contributed by atoms with van der Waals surface area (Å²) in [4.78, 5) is 2.24. The summed E-state index contributed by atoms with van der Waals surface area (Å²) in [7, 11) is 1.94. The number of anilines is 4. The minimum atomic E-state index is 0.826. The maximum Gasteiger partial charge on any atom is 0.0694 e. The molecule has 0 fully saturated rings. The molecule has 2 N–H and O–H groups in total. The Morgan fingerprint density at radius 3 is 2.61 bits per heavy atom. The molecule has 3 nitrogen and oxygen atoms in total. The average molecular weight is 301 g/mol. The number of rotatable bonds is 2. The second-order valence-electron chi connectivity index (χ2n) is 5.61. The van der Waals surface area contributed by atoms with E-state index >= 15 is 0 Å². The quantitative estimate of drug-likeness (QED) is 0.700. The van der Waals surface area contributed by atoms with E-state index in [0.717, 1.165) is 17.9 Å². The minimum Gasteiger partial charge on any atom is -0.388 e. The first kappa shape index (κ1) is 13.7. The van der Waals surface area contributed by atoms with Crippen LogP contribution in [-0.4, -0.2) is 13.6 Å². The summed E-state index contributed by atoms with van der Waals surface area (Å²) in [6, 6.07) is 21.4. The molecule has 4 rings (SSSR count). The molecule has 0 saturated carbocycles. The van der Waals surface area contributed by atoms with Gasteiger partial charge in [0.25, 0.3) is 0 Å². The summed E-state index contributed by atoms with van der Waals surface area (Å²) < 4.78 is 0. The fourth-order valence-electron chi connectivity index (χ4n) is 3.06. The Morgan fingerprint density at radius 1 is 0.957 bits per heavy atom. The van der Waals surface area contributed by atoms with Crippen LogP contribution in [0.4, 0.5) is 22.7 Å². The van der Waals surface area contributed by atoms with Gasteiger partial charge in [-0.25, -0.2) is 0 Å². The van der Waals surface area contributed by atoms with Crippen molar-refractivity contribution in [3.63, 3.8) is 0 Å². The molecule has 114 valence electrons. The molecular weight excluding hydrogens is 282 g/mol. The zero-order valence-electron chi connectivity index (χ0n) is 13.1. The van der Waals surface area contributed by atoms with Crippen molar-refractivity contribution in [1.82, 2.24) is 0 Å². The van der Waals surface area contributed by atoms with Crippen molar-refractivity contribution in [2.75, 3.05) is 29.1 Å². The lowest BCUT2D eigenvalue weighted by molar-refractivity contribution is 1.29. The van der Waals surface area contributed by atoms with Gasteiger partial charge in [0.1, 0.15) is 0 Å². The van der Waals surface area contributed by atoms with E-state index in [9.17, 15) is 0 Å². The molecule has 1 aliphatic heterocycles. The van der Waals surface area contributed by atoms with Gasteiger partial charge >= 0.3 is 0 Å². The van der Waals surface area contributed by atoms with E-state index in [0.29, 0.717) is 0 Å². The highest BCUT2D eigenvalue weighted by Crippen LogP contribution is 2.39. The molecule has 0 amide bonds. The first-order valence-electron chi connectivity index (χ1n) is 7.86. The Hall–Kier alpha value is -2.94. The SMILES string of the molecule is CNc1ccc(N2C=CCNc3c2ccc2ccccc32)cc1. The average Bonchev–Trinajstić information content (AvgIpc) is 2.84. The molecule has 0 aliphatic carbocycles. The van der Waals surface area contributed by atoms with E-state index in [1.165, 1.54) is 22.1 Å². The minimum absolute atomic E-state index is 0.826. The molecule has 0 unspecified atom stereocenters. The van der Waals surface area contributed by atoms with E-state index < -0.39 is 0 Å². The second kappa shape index (κ2) is 5.69. The van der Waals surface area contributed by atoms with Crippen molar-refractivity contribution in [1.29, 1.82) is 0 Å². The molecule has 0 aromatic heterocycles. The van der Waals surface area contributed by atoms with Crippen LogP contribution in [0.25, 0.3) is 10.8 Å². The van der Waals surface area contributed by atoms with Gasteiger partial charge in [-0.05, 0) is 41.8 Å². The summed E-state index contributed by atoms with van der Waals surface area (Å²) in [6.45, 7) is 0.826. The van der Waals surface area contributed by atoms with E-state index in [-0.39, 0.29) is 0 Å². The van der Waals surface area contributed by atoms with Gasteiger partial charge in [-0.1, -0.05) is 30.3 Å². The molecule has 1 heterocycles. The summed E-state index contributed by atoms with van der Waals surface area (Å²) in [5.74, 6) is 0. The highest BCUT2D eigenvalue weighted by atomic mass is 15.1. The normalized spacial score (nSPS) is 13.3. The number of nitrogens with one attached hydrogen (secondary N) is 2. The molecule has 3 aromatic rings. The third-order valence-electron chi connectivity index (χ3n) is 4.25.